The zero-order chi connectivity index (χ0) is 32.4. The molecule has 0 unspecified atom stereocenters. The largest absolute Gasteiger partial charge is 0.508 e. The molecule has 1 heterocycles. The second-order valence-electron chi connectivity index (χ2n) is 12.9. The smallest absolute Gasteiger partial charge is 0.255 e. The van der Waals surface area contributed by atoms with E-state index in [4.69, 9.17) is 10.5 Å². The van der Waals surface area contributed by atoms with Gasteiger partial charge in [-0.05, 0) is 76.3 Å². The van der Waals surface area contributed by atoms with Crippen LogP contribution >= 0.6 is 0 Å². The Morgan fingerprint density at radius 2 is 1.76 bits per heavy atom. The highest BCUT2D eigenvalue weighted by molar-refractivity contribution is 6.24. The summed E-state index contributed by atoms with van der Waals surface area (Å²) in [5.41, 5.74) is 4.33. The molecule has 3 aliphatic carbocycles. The van der Waals surface area contributed by atoms with Crippen LogP contribution in [0.3, 0.4) is 0 Å². The Hall–Kier alpha value is -4.19. The lowest BCUT2D eigenvalue weighted by molar-refractivity contribution is -0.153. The Kier molecular flexibility index (Phi) is 7.75. The molecule has 1 aliphatic heterocycles. The summed E-state index contributed by atoms with van der Waals surface area (Å²) >= 11 is 0. The van der Waals surface area contributed by atoms with Gasteiger partial charge in [0.15, 0.2) is 11.4 Å². The third-order valence-corrected chi connectivity index (χ3v) is 10.2. The third-order valence-electron chi connectivity index (χ3n) is 10.2. The minimum atomic E-state index is -2.67. The predicted octanol–water partition coefficient (Wildman–Crippen LogP) is 2.35. The second-order valence-corrected chi connectivity index (χ2v) is 12.9. The number of rotatable bonds is 6. The highest BCUT2D eigenvalue weighted by Gasteiger charge is 2.64. The van der Waals surface area contributed by atoms with Gasteiger partial charge in [-0.25, -0.2) is 0 Å². The number of amides is 1. The number of likely N-dealkylation sites (tertiary alicyclic amines) is 1. The first kappa shape index (κ1) is 30.8. The van der Waals surface area contributed by atoms with Gasteiger partial charge in [0.25, 0.3) is 5.91 Å². The predicted molar refractivity (Wildman–Crippen MR) is 164 cm³/mol. The van der Waals surface area contributed by atoms with E-state index in [9.17, 15) is 34.8 Å². The number of phenols is 1. The van der Waals surface area contributed by atoms with Gasteiger partial charge in [0.05, 0.1) is 18.7 Å². The van der Waals surface area contributed by atoms with Crippen molar-refractivity contribution in [3.63, 3.8) is 0 Å². The lowest BCUT2D eigenvalue weighted by Gasteiger charge is -2.50. The van der Waals surface area contributed by atoms with Crippen LogP contribution in [0, 0.1) is 11.8 Å². The normalized spacial score (nSPS) is 27.4. The van der Waals surface area contributed by atoms with E-state index in [1.54, 1.807) is 14.1 Å². The Labute approximate surface area is 261 Å². The molecule has 2 aromatic carbocycles. The highest BCUT2D eigenvalue weighted by atomic mass is 16.5. The first-order valence-electron chi connectivity index (χ1n) is 15.2. The molecule has 6 N–H and O–H groups in total. The molecule has 6 rings (SSSR count). The number of benzene rings is 2. The number of nitrogens with zero attached hydrogens (tertiary/aromatic N) is 2. The first-order chi connectivity index (χ1) is 21.4. The molecule has 11 nitrogen and oxygen atoms in total. The van der Waals surface area contributed by atoms with Gasteiger partial charge in [-0.3, -0.25) is 24.2 Å². The third kappa shape index (κ3) is 4.72. The number of phenolic OH excluding ortho intramolecular Hbond substituents is 1. The maximum atomic E-state index is 14.1. The van der Waals surface area contributed by atoms with Crippen LogP contribution in [0.25, 0.3) is 5.76 Å². The molecule has 0 aromatic heterocycles. The number of ether oxygens (including phenoxy) is 1. The fraction of sp³-hybridized carbons (Fsp3) is 0.441. The highest BCUT2D eigenvalue weighted by Crippen LogP contribution is 2.54. The van der Waals surface area contributed by atoms with Crippen molar-refractivity contribution >= 4 is 23.2 Å². The topological polar surface area (TPSA) is 174 Å². The van der Waals surface area contributed by atoms with E-state index in [0.717, 1.165) is 31.5 Å². The van der Waals surface area contributed by atoms with Crippen molar-refractivity contribution in [3.8, 4) is 11.5 Å². The van der Waals surface area contributed by atoms with Gasteiger partial charge < -0.3 is 30.9 Å². The van der Waals surface area contributed by atoms with E-state index in [2.05, 4.69) is 29.2 Å². The maximum absolute atomic E-state index is 14.1. The fourth-order valence-electron chi connectivity index (χ4n) is 8.12. The lowest BCUT2D eigenvalue weighted by Crippen LogP contribution is -2.65. The van der Waals surface area contributed by atoms with Crippen molar-refractivity contribution in [3.05, 3.63) is 75.6 Å². The average Bonchev–Trinajstić information content (AvgIpc) is 2.99. The Balaban J connectivity index is 1.36. The van der Waals surface area contributed by atoms with E-state index in [1.165, 1.54) is 23.6 Å². The number of hydrogen-bond acceptors (Lipinski definition) is 10. The van der Waals surface area contributed by atoms with Crippen LogP contribution in [0.5, 0.6) is 11.5 Å². The number of carbonyl (C=O) groups excluding carboxylic acids is 3. The summed E-state index contributed by atoms with van der Waals surface area (Å²) in [7, 11) is 4.67. The van der Waals surface area contributed by atoms with Crippen molar-refractivity contribution < 1.29 is 39.5 Å². The molecule has 238 valence electrons. The zero-order valence-corrected chi connectivity index (χ0v) is 25.6. The fourth-order valence-corrected chi connectivity index (χ4v) is 8.12. The number of carbonyl (C=O) groups is 3. The number of methoxy groups -OCH3 is 1. The van der Waals surface area contributed by atoms with Gasteiger partial charge in [-0.15, -0.1) is 0 Å². The number of hydrogen-bond donors (Lipinski definition) is 5. The van der Waals surface area contributed by atoms with Gasteiger partial charge in [0.1, 0.15) is 28.6 Å². The van der Waals surface area contributed by atoms with Gasteiger partial charge >= 0.3 is 0 Å². The molecule has 2 aromatic rings. The van der Waals surface area contributed by atoms with Crippen LogP contribution in [0.4, 0.5) is 0 Å². The van der Waals surface area contributed by atoms with Gasteiger partial charge in [-0.2, -0.15) is 0 Å². The summed E-state index contributed by atoms with van der Waals surface area (Å²) in [5, 5.41) is 45.6. The van der Waals surface area contributed by atoms with Crippen LogP contribution in [0.2, 0.25) is 0 Å². The summed E-state index contributed by atoms with van der Waals surface area (Å²) in [4.78, 5) is 43.3. The second kappa shape index (κ2) is 11.3. The van der Waals surface area contributed by atoms with Crippen LogP contribution in [-0.2, 0) is 27.3 Å². The van der Waals surface area contributed by atoms with E-state index in [-0.39, 0.29) is 29.7 Å². The minimum Gasteiger partial charge on any atom is -0.508 e. The molecule has 1 saturated heterocycles. The maximum Gasteiger partial charge on any atom is 0.255 e. The molecular weight excluding hydrogens is 578 g/mol. The molecular formula is C34H39N3O8. The Morgan fingerprint density at radius 3 is 2.36 bits per heavy atom. The van der Waals surface area contributed by atoms with Gasteiger partial charge in [0, 0.05) is 29.2 Å². The quantitative estimate of drug-likeness (QED) is 0.303. The Bertz CT molecular complexity index is 1640. The number of aliphatic hydroxyl groups excluding tert-OH is 2. The van der Waals surface area contributed by atoms with Crippen molar-refractivity contribution in [2.45, 2.75) is 49.8 Å². The molecule has 45 heavy (non-hydrogen) atoms. The zero-order valence-electron chi connectivity index (χ0n) is 25.6. The molecule has 0 radical (unpaired) electrons. The number of primary amides is 1. The van der Waals surface area contributed by atoms with Crippen LogP contribution in [-0.4, -0.2) is 93.6 Å². The SMILES string of the molecule is COc1c(CN2CCC(c3ccccc3)CC2)cc(O)c2c1C[C@H]1C[C@H]3[C@H](N(C)C)C(=O)C(C(N)=O)=C(O)[C@@]3(O)C(=O)C1=C2O. The van der Waals surface area contributed by atoms with E-state index >= 15 is 0 Å². The Morgan fingerprint density at radius 1 is 1.09 bits per heavy atom. The summed E-state index contributed by atoms with van der Waals surface area (Å²) in [5.74, 6) is -5.79. The monoisotopic (exact) mass is 617 g/mol. The number of aromatic hydroxyl groups is 1. The average molecular weight is 618 g/mol. The number of fused-ring (bicyclic) bond motifs is 3. The van der Waals surface area contributed by atoms with Crippen molar-refractivity contribution in [2.24, 2.45) is 17.6 Å². The van der Waals surface area contributed by atoms with Gasteiger partial charge in [-0.1, -0.05) is 30.3 Å². The summed E-state index contributed by atoms with van der Waals surface area (Å²) < 4.78 is 5.88. The standard InChI is InChI=1S/C34H39N3O8/c1-36(2)27-22-14-19-13-21-25(28(39)24(19)31(41)34(22,44)32(42)26(29(27)40)33(35)43)23(38)15-20(30(21)45-3)16-37-11-9-18(10-12-37)17-7-5-4-6-8-17/h4-8,15,18-19,22,27,38-39,42,44H,9-14,16H2,1-3H3,(H2,35,43)/t19-,22-,27-,34-/m0/s1. The van der Waals surface area contributed by atoms with E-state index in [0.29, 0.717) is 23.8 Å². The summed E-state index contributed by atoms with van der Waals surface area (Å²) in [6.45, 7) is 2.23. The van der Waals surface area contributed by atoms with Crippen LogP contribution in [0.1, 0.15) is 47.4 Å². The molecule has 0 spiro atoms. The number of ketones is 2. The van der Waals surface area contributed by atoms with Crippen molar-refractivity contribution in [2.75, 3.05) is 34.3 Å². The number of likely N-dealkylation sites (N-methyl/N-ethyl adjacent to an activating group) is 1. The van der Waals surface area contributed by atoms with Crippen molar-refractivity contribution in [1.29, 1.82) is 0 Å². The first-order valence-corrected chi connectivity index (χ1v) is 15.2. The number of piperidine rings is 1. The molecule has 1 amide bonds. The lowest BCUT2D eigenvalue weighted by atomic mass is 9.57. The molecule has 4 aliphatic rings. The molecule has 0 bridgehead atoms. The molecule has 1 saturated carbocycles. The molecule has 2 fully saturated rings. The van der Waals surface area contributed by atoms with E-state index < -0.39 is 58.0 Å². The summed E-state index contributed by atoms with van der Waals surface area (Å²) in [6, 6.07) is 10.9. The molecule has 4 atom stereocenters. The molecule has 11 heteroatoms. The van der Waals surface area contributed by atoms with Crippen LogP contribution in [0.15, 0.2) is 53.3 Å². The van der Waals surface area contributed by atoms with Crippen LogP contribution < -0.4 is 10.5 Å². The number of Topliss-reactive ketones (excluding diaryl/α,β-unsaturated/α-hetero) is 2. The number of aliphatic hydroxyl groups is 3. The minimum absolute atomic E-state index is 0.0207. The van der Waals surface area contributed by atoms with E-state index in [1.807, 2.05) is 6.07 Å². The van der Waals surface area contributed by atoms with Crippen molar-refractivity contribution in [1.82, 2.24) is 9.80 Å². The number of nitrogens with two attached hydrogens (primary N) is 1. The van der Waals surface area contributed by atoms with Gasteiger partial charge in [0.2, 0.25) is 5.78 Å². The summed E-state index contributed by atoms with van der Waals surface area (Å²) in [6.07, 6.45) is 2.19.